The fraction of sp³-hybridized carbons (Fsp3) is 0.286. The molecule has 0 aliphatic heterocycles. The summed E-state index contributed by atoms with van der Waals surface area (Å²) in [7, 11) is 0. The number of aromatic nitrogens is 2. The molecule has 0 spiro atoms. The first-order valence-corrected chi connectivity index (χ1v) is 9.17. The van der Waals surface area contributed by atoms with Crippen LogP contribution < -0.4 is 16.6 Å². The minimum atomic E-state index is -0.505. The van der Waals surface area contributed by atoms with Crippen LogP contribution in [0.2, 0.25) is 0 Å². The van der Waals surface area contributed by atoms with Crippen molar-refractivity contribution in [3.05, 3.63) is 80.7 Å². The summed E-state index contributed by atoms with van der Waals surface area (Å²) in [4.78, 5) is 38.2. The number of para-hydroxylation sites is 1. The Bertz CT molecular complexity index is 1120. The smallest absolute Gasteiger partial charge is 0.332 e. The van der Waals surface area contributed by atoms with E-state index < -0.39 is 5.69 Å². The van der Waals surface area contributed by atoms with Gasteiger partial charge >= 0.3 is 5.69 Å². The van der Waals surface area contributed by atoms with Gasteiger partial charge in [0.05, 0.1) is 10.9 Å². The first-order valence-electron chi connectivity index (χ1n) is 9.17. The molecule has 2 aromatic carbocycles. The number of fused-ring (bicyclic) bond motifs is 1. The van der Waals surface area contributed by atoms with Crippen LogP contribution in [0.15, 0.2) is 58.1 Å². The van der Waals surface area contributed by atoms with Crippen LogP contribution in [0, 0.1) is 5.82 Å². The van der Waals surface area contributed by atoms with Gasteiger partial charge in [0.1, 0.15) is 12.4 Å². The summed E-state index contributed by atoms with van der Waals surface area (Å²) in [6.45, 7) is 3.70. The molecular weight excluding hydrogens is 361 g/mol. The zero-order valence-electron chi connectivity index (χ0n) is 15.8. The van der Waals surface area contributed by atoms with E-state index in [1.54, 1.807) is 43.3 Å². The molecule has 1 heterocycles. The number of carbonyl (C=O) groups is 1. The number of nitrogens with one attached hydrogen (secondary N) is 1. The third-order valence-corrected chi connectivity index (χ3v) is 4.82. The number of nitrogens with zero attached hydrogens (tertiary/aromatic N) is 2. The number of hydrogen-bond acceptors (Lipinski definition) is 3. The first kappa shape index (κ1) is 19.5. The first-order chi connectivity index (χ1) is 13.4. The topological polar surface area (TPSA) is 73.1 Å². The monoisotopic (exact) mass is 383 g/mol. The lowest BCUT2D eigenvalue weighted by Gasteiger charge is -2.17. The Labute approximate surface area is 161 Å². The fourth-order valence-corrected chi connectivity index (χ4v) is 3.07. The highest BCUT2D eigenvalue weighted by molar-refractivity contribution is 5.81. The Morgan fingerprint density at radius 3 is 2.46 bits per heavy atom. The largest absolute Gasteiger partial charge is 0.350 e. The van der Waals surface area contributed by atoms with Gasteiger partial charge in [-0.1, -0.05) is 31.2 Å². The van der Waals surface area contributed by atoms with Gasteiger partial charge in [-0.3, -0.25) is 18.7 Å². The fourth-order valence-electron chi connectivity index (χ4n) is 3.07. The molecule has 6 nitrogen and oxygen atoms in total. The molecule has 28 heavy (non-hydrogen) atoms. The highest BCUT2D eigenvalue weighted by Gasteiger charge is 2.17. The van der Waals surface area contributed by atoms with Crippen molar-refractivity contribution in [1.82, 2.24) is 14.5 Å². The van der Waals surface area contributed by atoms with E-state index in [-0.39, 0.29) is 36.4 Å². The van der Waals surface area contributed by atoms with Gasteiger partial charge in [-0.15, -0.1) is 0 Å². The third-order valence-electron chi connectivity index (χ3n) is 4.82. The van der Waals surface area contributed by atoms with E-state index in [0.29, 0.717) is 17.3 Å². The predicted molar refractivity (Wildman–Crippen MR) is 106 cm³/mol. The van der Waals surface area contributed by atoms with Gasteiger partial charge in [0.15, 0.2) is 0 Å². The maximum absolute atomic E-state index is 13.0. The van der Waals surface area contributed by atoms with Gasteiger partial charge in [-0.2, -0.15) is 0 Å². The molecule has 3 aromatic rings. The van der Waals surface area contributed by atoms with Crippen molar-refractivity contribution >= 4 is 16.8 Å². The highest BCUT2D eigenvalue weighted by Crippen LogP contribution is 2.11. The molecule has 0 radical (unpaired) electrons. The Morgan fingerprint density at radius 2 is 1.79 bits per heavy atom. The van der Waals surface area contributed by atoms with Gasteiger partial charge < -0.3 is 5.32 Å². The van der Waals surface area contributed by atoms with Gasteiger partial charge in [0.2, 0.25) is 5.91 Å². The second-order valence-electron chi connectivity index (χ2n) is 6.72. The Balaban J connectivity index is 1.93. The zero-order valence-corrected chi connectivity index (χ0v) is 15.8. The van der Waals surface area contributed by atoms with Gasteiger partial charge in [0, 0.05) is 12.6 Å². The number of amides is 1. The summed E-state index contributed by atoms with van der Waals surface area (Å²) in [5, 5.41) is 3.12. The van der Waals surface area contributed by atoms with Crippen molar-refractivity contribution in [2.24, 2.45) is 0 Å². The van der Waals surface area contributed by atoms with E-state index in [1.807, 2.05) is 6.92 Å². The zero-order chi connectivity index (χ0) is 20.3. The van der Waals surface area contributed by atoms with E-state index in [0.717, 1.165) is 5.56 Å². The normalized spacial score (nSPS) is 12.1. The van der Waals surface area contributed by atoms with E-state index >= 15 is 0 Å². The highest BCUT2D eigenvalue weighted by atomic mass is 19.1. The third kappa shape index (κ3) is 3.88. The summed E-state index contributed by atoms with van der Waals surface area (Å²) in [5.41, 5.74) is 0.318. The van der Waals surface area contributed by atoms with Crippen LogP contribution in [0.3, 0.4) is 0 Å². The molecular formula is C21H22FN3O3. The van der Waals surface area contributed by atoms with Crippen LogP contribution >= 0.6 is 0 Å². The molecule has 0 saturated heterocycles. The van der Waals surface area contributed by atoms with Crippen molar-refractivity contribution in [2.45, 2.75) is 39.4 Å². The molecule has 7 heteroatoms. The summed E-state index contributed by atoms with van der Waals surface area (Å²) in [6.07, 6.45) is 0.615. The Morgan fingerprint density at radius 1 is 1.11 bits per heavy atom. The summed E-state index contributed by atoms with van der Waals surface area (Å²) >= 11 is 0. The van der Waals surface area contributed by atoms with Crippen molar-refractivity contribution < 1.29 is 9.18 Å². The number of rotatable bonds is 6. The molecule has 1 unspecified atom stereocenters. The lowest BCUT2D eigenvalue weighted by molar-refractivity contribution is -0.121. The Hall–Kier alpha value is -3.22. The van der Waals surface area contributed by atoms with Crippen LogP contribution in [0.25, 0.3) is 10.9 Å². The van der Waals surface area contributed by atoms with Gasteiger partial charge in [0.25, 0.3) is 5.56 Å². The summed E-state index contributed by atoms with van der Waals surface area (Å²) in [5.74, 6) is -0.716. The second-order valence-corrected chi connectivity index (χ2v) is 6.72. The van der Waals surface area contributed by atoms with E-state index in [2.05, 4.69) is 5.32 Å². The standard InChI is InChI=1S/C21H22FN3O3/c1-3-14(2)25-20(27)17-6-4-5-7-18(17)24(21(25)28)13-19(26)23-12-15-8-10-16(22)11-9-15/h4-11,14H,3,12-13H2,1-2H3,(H,23,26). The Kier molecular flexibility index (Phi) is 5.73. The average Bonchev–Trinajstić information content (AvgIpc) is 2.70. The molecule has 0 fully saturated rings. The van der Waals surface area contributed by atoms with Crippen LogP contribution in [0.1, 0.15) is 31.9 Å². The van der Waals surface area contributed by atoms with Crippen LogP contribution in [0.5, 0.6) is 0 Å². The summed E-state index contributed by atoms with van der Waals surface area (Å²) < 4.78 is 15.5. The van der Waals surface area contributed by atoms with E-state index in [4.69, 9.17) is 0 Å². The number of benzene rings is 2. The van der Waals surface area contributed by atoms with Gasteiger partial charge in [-0.25, -0.2) is 9.18 Å². The minimum Gasteiger partial charge on any atom is -0.350 e. The van der Waals surface area contributed by atoms with E-state index in [1.165, 1.54) is 21.3 Å². The van der Waals surface area contributed by atoms with Crippen molar-refractivity contribution in [2.75, 3.05) is 0 Å². The quantitative estimate of drug-likeness (QED) is 0.711. The predicted octanol–water partition coefficient (Wildman–Crippen LogP) is 2.59. The maximum Gasteiger partial charge on any atom is 0.332 e. The van der Waals surface area contributed by atoms with Crippen molar-refractivity contribution in [3.63, 3.8) is 0 Å². The number of hydrogen-bond donors (Lipinski definition) is 1. The lowest BCUT2D eigenvalue weighted by Crippen LogP contribution is -2.43. The molecule has 1 N–H and O–H groups in total. The van der Waals surface area contributed by atoms with E-state index in [9.17, 15) is 18.8 Å². The second kappa shape index (κ2) is 8.21. The molecule has 146 valence electrons. The van der Waals surface area contributed by atoms with Crippen LogP contribution in [-0.2, 0) is 17.9 Å². The van der Waals surface area contributed by atoms with Gasteiger partial charge in [-0.05, 0) is 43.2 Å². The lowest BCUT2D eigenvalue weighted by atomic mass is 10.2. The van der Waals surface area contributed by atoms with Crippen molar-refractivity contribution in [1.29, 1.82) is 0 Å². The van der Waals surface area contributed by atoms with Crippen LogP contribution in [-0.4, -0.2) is 15.0 Å². The molecule has 1 amide bonds. The SMILES string of the molecule is CCC(C)n1c(=O)c2ccccc2n(CC(=O)NCc2ccc(F)cc2)c1=O. The molecule has 0 saturated carbocycles. The number of halogens is 1. The molecule has 0 bridgehead atoms. The summed E-state index contributed by atoms with van der Waals surface area (Å²) in [6, 6.07) is 12.3. The molecule has 0 aliphatic rings. The molecule has 0 aliphatic carbocycles. The average molecular weight is 383 g/mol. The maximum atomic E-state index is 13.0. The molecule has 1 aromatic heterocycles. The minimum absolute atomic E-state index is 0.211. The van der Waals surface area contributed by atoms with Crippen molar-refractivity contribution in [3.8, 4) is 0 Å². The molecule has 1 atom stereocenters. The number of carbonyl (C=O) groups excluding carboxylic acids is 1. The molecule has 3 rings (SSSR count). The van der Waals surface area contributed by atoms with Crippen LogP contribution in [0.4, 0.5) is 4.39 Å².